The summed E-state index contributed by atoms with van der Waals surface area (Å²) in [6, 6.07) is 15.0. The fourth-order valence-electron chi connectivity index (χ4n) is 3.49. The first kappa shape index (κ1) is 20.9. The minimum Gasteiger partial charge on any atom is -0.493 e. The van der Waals surface area contributed by atoms with Crippen molar-refractivity contribution >= 4 is 17.5 Å². The van der Waals surface area contributed by atoms with Gasteiger partial charge in [-0.2, -0.15) is 0 Å². The van der Waals surface area contributed by atoms with Gasteiger partial charge in [0.05, 0.1) is 25.2 Å². The molecular weight excluding hydrogens is 366 g/mol. The molecule has 0 fully saturated rings. The fourth-order valence-corrected chi connectivity index (χ4v) is 3.49. The Hall–Kier alpha value is -2.86. The second-order valence-corrected chi connectivity index (χ2v) is 7.39. The molecule has 2 aromatic rings. The lowest BCUT2D eigenvalue weighted by atomic mass is 10.0. The first-order valence-electron chi connectivity index (χ1n) is 10.1. The number of para-hydroxylation sites is 2. The molecule has 0 saturated heterocycles. The molecule has 2 atom stereocenters. The number of benzene rings is 2. The van der Waals surface area contributed by atoms with Crippen LogP contribution in [-0.2, 0) is 16.0 Å². The normalized spacial score (nSPS) is 16.5. The number of anilines is 1. The third-order valence-corrected chi connectivity index (χ3v) is 5.38. The Bertz CT molecular complexity index is 868. The quantitative estimate of drug-likeness (QED) is 0.756. The van der Waals surface area contributed by atoms with Crippen molar-refractivity contribution in [2.75, 3.05) is 25.5 Å². The van der Waals surface area contributed by atoms with Gasteiger partial charge in [0.15, 0.2) is 0 Å². The van der Waals surface area contributed by atoms with E-state index in [1.807, 2.05) is 55.5 Å². The molecule has 2 unspecified atom stereocenters. The first-order valence-corrected chi connectivity index (χ1v) is 10.1. The number of hydrogen-bond acceptors (Lipinski definition) is 4. The number of hydrogen-bond donors (Lipinski definition) is 2. The Balaban J connectivity index is 1.56. The van der Waals surface area contributed by atoms with Crippen LogP contribution in [0.5, 0.6) is 5.75 Å². The molecule has 2 amide bonds. The number of likely N-dealkylation sites (N-methyl/N-ethyl adjacent to an activating group) is 1. The summed E-state index contributed by atoms with van der Waals surface area (Å²) in [5.41, 5.74) is 2.91. The van der Waals surface area contributed by atoms with Gasteiger partial charge in [0, 0.05) is 17.7 Å². The van der Waals surface area contributed by atoms with Crippen LogP contribution in [-0.4, -0.2) is 43.0 Å². The van der Waals surface area contributed by atoms with Crippen molar-refractivity contribution in [1.82, 2.24) is 10.2 Å². The molecule has 0 spiro atoms. The van der Waals surface area contributed by atoms with E-state index in [0.29, 0.717) is 6.61 Å². The second-order valence-electron chi connectivity index (χ2n) is 7.39. The highest BCUT2D eigenvalue weighted by atomic mass is 16.5. The maximum Gasteiger partial charge on any atom is 0.238 e. The van der Waals surface area contributed by atoms with Crippen LogP contribution < -0.4 is 15.4 Å². The van der Waals surface area contributed by atoms with Crippen LogP contribution in [0.1, 0.15) is 37.4 Å². The summed E-state index contributed by atoms with van der Waals surface area (Å²) < 4.78 is 5.66. The zero-order chi connectivity index (χ0) is 20.8. The average Bonchev–Trinajstić information content (AvgIpc) is 2.73. The highest BCUT2D eigenvalue weighted by molar-refractivity contribution is 5.93. The minimum absolute atomic E-state index is 0.0754. The molecule has 6 nitrogen and oxygen atoms in total. The summed E-state index contributed by atoms with van der Waals surface area (Å²) in [4.78, 5) is 27.0. The lowest BCUT2D eigenvalue weighted by molar-refractivity contribution is -0.127. The van der Waals surface area contributed by atoms with E-state index in [1.165, 1.54) is 0 Å². The van der Waals surface area contributed by atoms with Crippen molar-refractivity contribution in [2.24, 2.45) is 0 Å². The molecule has 1 aliphatic rings. The molecule has 0 aromatic heterocycles. The number of nitrogens with zero attached hydrogens (tertiary/aromatic N) is 1. The van der Waals surface area contributed by atoms with Gasteiger partial charge in [-0.25, -0.2) is 0 Å². The summed E-state index contributed by atoms with van der Waals surface area (Å²) >= 11 is 0. The number of amides is 2. The third-order valence-electron chi connectivity index (χ3n) is 5.38. The Morgan fingerprint density at radius 1 is 1.17 bits per heavy atom. The topological polar surface area (TPSA) is 70.7 Å². The zero-order valence-electron chi connectivity index (χ0n) is 17.3. The van der Waals surface area contributed by atoms with Crippen LogP contribution in [0.25, 0.3) is 0 Å². The molecule has 2 aromatic carbocycles. The van der Waals surface area contributed by atoms with E-state index in [1.54, 1.807) is 11.9 Å². The summed E-state index contributed by atoms with van der Waals surface area (Å²) in [7, 11) is 1.79. The van der Waals surface area contributed by atoms with Crippen molar-refractivity contribution in [3.63, 3.8) is 0 Å². The predicted molar refractivity (Wildman–Crippen MR) is 114 cm³/mol. The molecule has 154 valence electrons. The molecule has 1 aliphatic heterocycles. The van der Waals surface area contributed by atoms with E-state index >= 15 is 0 Å². The molecule has 0 aliphatic carbocycles. The van der Waals surface area contributed by atoms with Crippen LogP contribution >= 0.6 is 0 Å². The van der Waals surface area contributed by atoms with Crippen molar-refractivity contribution in [1.29, 1.82) is 0 Å². The number of aryl methyl sites for hydroxylation is 1. The zero-order valence-corrected chi connectivity index (χ0v) is 17.3. The van der Waals surface area contributed by atoms with Gasteiger partial charge in [0.2, 0.25) is 11.8 Å². The lowest BCUT2D eigenvalue weighted by Gasteiger charge is -2.29. The maximum absolute atomic E-state index is 12.8. The Morgan fingerprint density at radius 2 is 1.90 bits per heavy atom. The van der Waals surface area contributed by atoms with E-state index in [4.69, 9.17) is 4.74 Å². The molecule has 2 N–H and O–H groups in total. The molecular formula is C23H29N3O3. The van der Waals surface area contributed by atoms with E-state index < -0.39 is 6.04 Å². The molecule has 3 rings (SSSR count). The first-order chi connectivity index (χ1) is 14.0. The van der Waals surface area contributed by atoms with E-state index in [9.17, 15) is 9.59 Å². The Kier molecular flexibility index (Phi) is 6.88. The second kappa shape index (κ2) is 9.56. The van der Waals surface area contributed by atoms with E-state index in [-0.39, 0.29) is 24.4 Å². The molecule has 0 saturated carbocycles. The third kappa shape index (κ3) is 5.15. The Morgan fingerprint density at radius 3 is 2.69 bits per heavy atom. The molecule has 29 heavy (non-hydrogen) atoms. The van der Waals surface area contributed by atoms with Gasteiger partial charge in [-0.05, 0) is 38.1 Å². The predicted octanol–water partition coefficient (Wildman–Crippen LogP) is 3.15. The van der Waals surface area contributed by atoms with E-state index in [0.717, 1.165) is 35.4 Å². The summed E-state index contributed by atoms with van der Waals surface area (Å²) in [5, 5.41) is 6.06. The smallest absolute Gasteiger partial charge is 0.238 e. The monoisotopic (exact) mass is 395 g/mol. The van der Waals surface area contributed by atoms with Gasteiger partial charge in [0.1, 0.15) is 5.75 Å². The van der Waals surface area contributed by atoms with Crippen LogP contribution in [0.2, 0.25) is 0 Å². The molecule has 1 heterocycles. The number of rotatable bonds is 7. The van der Waals surface area contributed by atoms with Crippen LogP contribution in [0.4, 0.5) is 5.69 Å². The van der Waals surface area contributed by atoms with Crippen molar-refractivity contribution in [3.8, 4) is 5.75 Å². The lowest BCUT2D eigenvalue weighted by Crippen LogP contribution is -2.47. The highest BCUT2D eigenvalue weighted by Crippen LogP contribution is 2.31. The van der Waals surface area contributed by atoms with Crippen molar-refractivity contribution < 1.29 is 14.3 Å². The minimum atomic E-state index is -0.433. The van der Waals surface area contributed by atoms with Crippen LogP contribution in [0.3, 0.4) is 0 Å². The number of nitrogens with one attached hydrogen (secondary N) is 2. The van der Waals surface area contributed by atoms with Gasteiger partial charge in [-0.1, -0.05) is 43.3 Å². The summed E-state index contributed by atoms with van der Waals surface area (Å²) in [5.74, 6) is 0.583. The number of ether oxygens (including phenoxy) is 1. The number of carbonyl (C=O) groups is 2. The van der Waals surface area contributed by atoms with Crippen LogP contribution in [0.15, 0.2) is 48.5 Å². The maximum atomic E-state index is 12.8. The van der Waals surface area contributed by atoms with Gasteiger partial charge in [0.25, 0.3) is 0 Å². The number of fused-ring (bicyclic) bond motifs is 1. The van der Waals surface area contributed by atoms with Gasteiger partial charge < -0.3 is 15.4 Å². The average molecular weight is 396 g/mol. The largest absolute Gasteiger partial charge is 0.493 e. The standard InChI is InChI=1S/C23H29N3O3/c1-4-17-9-5-7-11-19(17)24-22(27)15-26(3)16(2)23(28)25-20-13-14-29-21-12-8-6-10-18(20)21/h5-12,16,20H,4,13-15H2,1-3H3,(H,24,27)(H,25,28). The van der Waals surface area contributed by atoms with Gasteiger partial charge in [-0.3, -0.25) is 14.5 Å². The molecule has 6 heteroatoms. The van der Waals surface area contributed by atoms with Gasteiger partial charge in [-0.15, -0.1) is 0 Å². The summed E-state index contributed by atoms with van der Waals surface area (Å²) in [6.07, 6.45) is 1.57. The fraction of sp³-hybridized carbons (Fsp3) is 0.391. The van der Waals surface area contributed by atoms with Crippen molar-refractivity contribution in [3.05, 3.63) is 59.7 Å². The SMILES string of the molecule is CCc1ccccc1NC(=O)CN(C)C(C)C(=O)NC1CCOc2ccccc21. The molecule has 0 radical (unpaired) electrons. The summed E-state index contributed by atoms with van der Waals surface area (Å²) in [6.45, 7) is 4.58. The Labute approximate surface area is 172 Å². The van der Waals surface area contributed by atoms with Crippen LogP contribution in [0, 0.1) is 0 Å². The highest BCUT2D eigenvalue weighted by Gasteiger charge is 2.26. The number of carbonyl (C=O) groups excluding carboxylic acids is 2. The van der Waals surface area contributed by atoms with E-state index in [2.05, 4.69) is 17.6 Å². The van der Waals surface area contributed by atoms with Gasteiger partial charge >= 0.3 is 0 Å². The molecule has 0 bridgehead atoms. The van der Waals surface area contributed by atoms with Crippen molar-refractivity contribution in [2.45, 2.75) is 38.8 Å².